The van der Waals surface area contributed by atoms with Crippen molar-refractivity contribution >= 4 is 11.8 Å². The van der Waals surface area contributed by atoms with E-state index in [-0.39, 0.29) is 12.3 Å². The Bertz CT molecular complexity index is 406. The van der Waals surface area contributed by atoms with E-state index in [4.69, 9.17) is 5.21 Å². The molecule has 2 N–H and O–H groups in total. The maximum absolute atomic E-state index is 11.5. The van der Waals surface area contributed by atoms with Crippen LogP contribution in [0.15, 0.2) is 30.3 Å². The van der Waals surface area contributed by atoms with Gasteiger partial charge < -0.3 is 4.90 Å². The molecule has 0 aliphatic carbocycles. The second kappa shape index (κ2) is 8.26. The van der Waals surface area contributed by atoms with Crippen molar-refractivity contribution in [2.75, 3.05) is 13.6 Å². The summed E-state index contributed by atoms with van der Waals surface area (Å²) >= 11 is 0. The quantitative estimate of drug-likeness (QED) is 0.338. The standard InChI is InChI=1S/C14H20N2O3/c1-16(14(18)11-13(17)15-19)10-6-5-9-12-7-3-2-4-8-12/h2-4,7-8,19H,5-6,9-11H2,1H3,(H,15,17). The fourth-order valence-electron chi connectivity index (χ4n) is 1.76. The summed E-state index contributed by atoms with van der Waals surface area (Å²) in [5.74, 6) is -0.965. The normalized spacial score (nSPS) is 10.0. The van der Waals surface area contributed by atoms with Crippen LogP contribution in [0.25, 0.3) is 0 Å². The van der Waals surface area contributed by atoms with Crippen molar-refractivity contribution in [3.05, 3.63) is 35.9 Å². The zero-order valence-electron chi connectivity index (χ0n) is 11.1. The molecule has 0 atom stereocenters. The van der Waals surface area contributed by atoms with Crippen molar-refractivity contribution in [3.63, 3.8) is 0 Å². The average molecular weight is 264 g/mol. The number of aryl methyl sites for hydroxylation is 1. The molecule has 0 saturated carbocycles. The number of carbonyl (C=O) groups excluding carboxylic acids is 2. The molecule has 0 saturated heterocycles. The van der Waals surface area contributed by atoms with Crippen molar-refractivity contribution in [3.8, 4) is 0 Å². The molecule has 19 heavy (non-hydrogen) atoms. The maximum Gasteiger partial charge on any atom is 0.252 e. The third kappa shape index (κ3) is 6.01. The summed E-state index contributed by atoms with van der Waals surface area (Å²) < 4.78 is 0. The third-order valence-electron chi connectivity index (χ3n) is 2.91. The van der Waals surface area contributed by atoms with Crippen molar-refractivity contribution < 1.29 is 14.8 Å². The third-order valence-corrected chi connectivity index (χ3v) is 2.91. The van der Waals surface area contributed by atoms with Gasteiger partial charge >= 0.3 is 0 Å². The first kappa shape index (κ1) is 15.2. The smallest absolute Gasteiger partial charge is 0.252 e. The number of hydrogen-bond acceptors (Lipinski definition) is 3. The van der Waals surface area contributed by atoms with Crippen molar-refractivity contribution in [2.24, 2.45) is 0 Å². The highest BCUT2D eigenvalue weighted by Crippen LogP contribution is 2.05. The predicted molar refractivity (Wildman–Crippen MR) is 71.6 cm³/mol. The first-order valence-electron chi connectivity index (χ1n) is 6.34. The highest BCUT2D eigenvalue weighted by Gasteiger charge is 2.12. The molecule has 5 nitrogen and oxygen atoms in total. The molecular weight excluding hydrogens is 244 g/mol. The summed E-state index contributed by atoms with van der Waals surface area (Å²) in [7, 11) is 1.66. The number of unbranched alkanes of at least 4 members (excludes halogenated alkanes) is 1. The maximum atomic E-state index is 11.5. The number of nitrogens with zero attached hydrogens (tertiary/aromatic N) is 1. The SMILES string of the molecule is CN(CCCCc1ccccc1)C(=O)CC(=O)NO. The van der Waals surface area contributed by atoms with E-state index in [1.165, 1.54) is 15.9 Å². The topological polar surface area (TPSA) is 69.6 Å². The zero-order valence-corrected chi connectivity index (χ0v) is 11.1. The molecule has 1 rings (SSSR count). The number of rotatable bonds is 7. The van der Waals surface area contributed by atoms with Gasteiger partial charge in [-0.2, -0.15) is 0 Å². The number of hydroxylamine groups is 1. The first-order chi connectivity index (χ1) is 9.13. The van der Waals surface area contributed by atoms with Crippen LogP contribution in [0.5, 0.6) is 0 Å². The Hall–Kier alpha value is -1.88. The first-order valence-corrected chi connectivity index (χ1v) is 6.34. The number of amides is 2. The van der Waals surface area contributed by atoms with Gasteiger partial charge in [0.15, 0.2) is 0 Å². The Kier molecular flexibility index (Phi) is 6.60. The van der Waals surface area contributed by atoms with Crippen LogP contribution in [0.4, 0.5) is 0 Å². The molecule has 0 bridgehead atoms. The van der Waals surface area contributed by atoms with Crippen LogP contribution >= 0.6 is 0 Å². The Morgan fingerprint density at radius 2 is 1.89 bits per heavy atom. The summed E-state index contributed by atoms with van der Waals surface area (Å²) in [6.45, 7) is 0.615. The van der Waals surface area contributed by atoms with E-state index < -0.39 is 5.91 Å². The Morgan fingerprint density at radius 3 is 2.53 bits per heavy atom. The molecule has 104 valence electrons. The molecule has 0 aromatic heterocycles. The van der Waals surface area contributed by atoms with Gasteiger partial charge in [0.25, 0.3) is 5.91 Å². The molecule has 0 spiro atoms. The second-order valence-electron chi connectivity index (χ2n) is 4.47. The zero-order chi connectivity index (χ0) is 14.1. The minimum Gasteiger partial charge on any atom is -0.345 e. The molecule has 0 aliphatic heterocycles. The van der Waals surface area contributed by atoms with Crippen LogP contribution in [-0.2, 0) is 16.0 Å². The molecule has 5 heteroatoms. The van der Waals surface area contributed by atoms with Crippen molar-refractivity contribution in [1.82, 2.24) is 10.4 Å². The number of hydrogen-bond donors (Lipinski definition) is 2. The fourth-order valence-corrected chi connectivity index (χ4v) is 1.76. The minimum absolute atomic E-state index is 0.286. The summed E-state index contributed by atoms with van der Waals surface area (Å²) in [5, 5.41) is 8.34. The molecule has 2 amide bonds. The van der Waals surface area contributed by atoms with Gasteiger partial charge in [-0.25, -0.2) is 5.48 Å². The van der Waals surface area contributed by atoms with Gasteiger partial charge in [0.1, 0.15) is 6.42 Å². The van der Waals surface area contributed by atoms with Gasteiger partial charge in [-0.3, -0.25) is 14.8 Å². The van der Waals surface area contributed by atoms with Crippen LogP contribution in [-0.4, -0.2) is 35.5 Å². The average Bonchev–Trinajstić information content (AvgIpc) is 2.44. The van der Waals surface area contributed by atoms with E-state index in [1.807, 2.05) is 18.2 Å². The van der Waals surface area contributed by atoms with Crippen LogP contribution in [0.3, 0.4) is 0 Å². The number of nitrogens with one attached hydrogen (secondary N) is 1. The number of benzene rings is 1. The van der Waals surface area contributed by atoms with Gasteiger partial charge in [-0.15, -0.1) is 0 Å². The number of carbonyl (C=O) groups is 2. The Balaban J connectivity index is 2.18. The molecule has 0 heterocycles. The Labute approximate surface area is 113 Å². The van der Waals surface area contributed by atoms with E-state index in [1.54, 1.807) is 7.05 Å². The summed E-state index contributed by atoms with van der Waals surface area (Å²) in [6, 6.07) is 10.2. The second-order valence-corrected chi connectivity index (χ2v) is 4.47. The molecule has 0 aliphatic rings. The lowest BCUT2D eigenvalue weighted by Gasteiger charge is -2.16. The van der Waals surface area contributed by atoms with E-state index in [0.29, 0.717) is 6.54 Å². The van der Waals surface area contributed by atoms with Crippen molar-refractivity contribution in [2.45, 2.75) is 25.7 Å². The monoisotopic (exact) mass is 264 g/mol. The van der Waals surface area contributed by atoms with E-state index in [2.05, 4.69) is 12.1 Å². The summed E-state index contributed by atoms with van der Waals surface area (Å²) in [5.41, 5.74) is 2.74. The molecule has 0 fully saturated rings. The van der Waals surface area contributed by atoms with Crippen LogP contribution < -0.4 is 5.48 Å². The van der Waals surface area contributed by atoms with E-state index in [0.717, 1.165) is 19.3 Å². The molecular formula is C14H20N2O3. The van der Waals surface area contributed by atoms with Crippen molar-refractivity contribution in [1.29, 1.82) is 0 Å². The highest BCUT2D eigenvalue weighted by molar-refractivity contribution is 5.96. The largest absolute Gasteiger partial charge is 0.345 e. The van der Waals surface area contributed by atoms with Gasteiger partial charge in [0, 0.05) is 13.6 Å². The van der Waals surface area contributed by atoms with Gasteiger partial charge in [-0.05, 0) is 24.8 Å². The predicted octanol–water partition coefficient (Wildman–Crippen LogP) is 1.36. The van der Waals surface area contributed by atoms with E-state index in [9.17, 15) is 9.59 Å². The van der Waals surface area contributed by atoms with Gasteiger partial charge in [0.2, 0.25) is 5.91 Å². The Morgan fingerprint density at radius 1 is 1.21 bits per heavy atom. The van der Waals surface area contributed by atoms with Crippen LogP contribution in [0.2, 0.25) is 0 Å². The van der Waals surface area contributed by atoms with Crippen LogP contribution in [0, 0.1) is 0 Å². The molecule has 1 aromatic carbocycles. The molecule has 0 unspecified atom stereocenters. The van der Waals surface area contributed by atoms with E-state index >= 15 is 0 Å². The molecule has 0 radical (unpaired) electrons. The lowest BCUT2D eigenvalue weighted by atomic mass is 10.1. The highest BCUT2D eigenvalue weighted by atomic mass is 16.5. The minimum atomic E-state index is -0.680. The fraction of sp³-hybridized carbons (Fsp3) is 0.429. The van der Waals surface area contributed by atoms with Gasteiger partial charge in [0.05, 0.1) is 0 Å². The molecule has 1 aromatic rings. The lowest BCUT2D eigenvalue weighted by Crippen LogP contribution is -2.32. The summed E-state index contributed by atoms with van der Waals surface area (Å²) in [6.07, 6.45) is 2.55. The van der Waals surface area contributed by atoms with Gasteiger partial charge in [-0.1, -0.05) is 30.3 Å². The van der Waals surface area contributed by atoms with Crippen LogP contribution in [0.1, 0.15) is 24.8 Å². The summed E-state index contributed by atoms with van der Waals surface area (Å²) in [4.78, 5) is 23.9. The lowest BCUT2D eigenvalue weighted by molar-refractivity contribution is -0.138.